The highest BCUT2D eigenvalue weighted by Crippen LogP contribution is 2.25. The summed E-state index contributed by atoms with van der Waals surface area (Å²) in [5.74, 6) is 1.61. The molecular weight excluding hydrogens is 316 g/mol. The molecule has 2 aromatic rings. The van der Waals surface area contributed by atoms with Crippen molar-refractivity contribution in [2.24, 2.45) is 0 Å². The first-order chi connectivity index (χ1) is 8.70. The molecule has 1 aromatic carbocycles. The van der Waals surface area contributed by atoms with E-state index in [-0.39, 0.29) is 0 Å². The van der Waals surface area contributed by atoms with Gasteiger partial charge in [0, 0.05) is 18.3 Å². The molecule has 0 aliphatic rings. The number of halogens is 2. The van der Waals surface area contributed by atoms with Crippen molar-refractivity contribution in [3.63, 3.8) is 0 Å². The summed E-state index contributed by atoms with van der Waals surface area (Å²) in [5.41, 5.74) is 1.07. The van der Waals surface area contributed by atoms with Crippen LogP contribution in [0.5, 0.6) is 5.75 Å². The Bertz CT molecular complexity index is 548. The quantitative estimate of drug-likeness (QED) is 0.917. The fraction of sp³-hybridized carbons (Fsp3) is 0.154. The van der Waals surface area contributed by atoms with Crippen molar-refractivity contribution in [2.75, 3.05) is 12.4 Å². The van der Waals surface area contributed by atoms with Gasteiger partial charge in [0.25, 0.3) is 0 Å². The second kappa shape index (κ2) is 6.07. The number of hydrogen-bond acceptors (Lipinski definition) is 3. The average Bonchev–Trinajstić information content (AvgIpc) is 2.38. The highest BCUT2D eigenvalue weighted by molar-refractivity contribution is 9.10. The van der Waals surface area contributed by atoms with Gasteiger partial charge in [0.15, 0.2) is 0 Å². The van der Waals surface area contributed by atoms with Crippen LogP contribution in [-0.2, 0) is 6.54 Å². The summed E-state index contributed by atoms with van der Waals surface area (Å²) in [6.07, 6.45) is 1.61. The number of nitrogens with one attached hydrogen (secondary N) is 1. The number of aromatic nitrogens is 1. The van der Waals surface area contributed by atoms with E-state index in [4.69, 9.17) is 16.3 Å². The summed E-state index contributed by atoms with van der Waals surface area (Å²) in [5, 5.41) is 3.84. The van der Waals surface area contributed by atoms with Gasteiger partial charge in [-0.15, -0.1) is 0 Å². The minimum absolute atomic E-state index is 0.602. The van der Waals surface area contributed by atoms with Gasteiger partial charge in [-0.1, -0.05) is 29.8 Å². The summed E-state index contributed by atoms with van der Waals surface area (Å²) in [4.78, 5) is 4.22. The molecule has 0 amide bonds. The molecule has 2 rings (SSSR count). The van der Waals surface area contributed by atoms with Crippen molar-refractivity contribution < 1.29 is 4.74 Å². The van der Waals surface area contributed by atoms with Crippen LogP contribution in [0.15, 0.2) is 41.0 Å². The summed E-state index contributed by atoms with van der Waals surface area (Å²) in [7, 11) is 1.66. The van der Waals surface area contributed by atoms with Gasteiger partial charge >= 0.3 is 0 Å². The Morgan fingerprint density at radius 3 is 2.89 bits per heavy atom. The highest BCUT2D eigenvalue weighted by atomic mass is 79.9. The summed E-state index contributed by atoms with van der Waals surface area (Å²) in [6, 6.07) is 9.67. The summed E-state index contributed by atoms with van der Waals surface area (Å²) in [6.45, 7) is 0.636. The van der Waals surface area contributed by atoms with Crippen molar-refractivity contribution in [2.45, 2.75) is 6.54 Å². The predicted molar refractivity (Wildman–Crippen MR) is 77.3 cm³/mol. The zero-order valence-electron chi connectivity index (χ0n) is 9.78. The van der Waals surface area contributed by atoms with Gasteiger partial charge in [0.05, 0.1) is 16.6 Å². The lowest BCUT2D eigenvalue weighted by Gasteiger charge is -2.10. The molecule has 0 saturated carbocycles. The van der Waals surface area contributed by atoms with Gasteiger partial charge in [-0.3, -0.25) is 0 Å². The predicted octanol–water partition coefficient (Wildman–Crippen LogP) is 4.12. The SMILES string of the molecule is COc1ccccc1CNc1ncc(Cl)cc1Br. The second-order valence-electron chi connectivity index (χ2n) is 3.65. The molecule has 0 bridgehead atoms. The fourth-order valence-corrected chi connectivity index (χ4v) is 2.35. The number of ether oxygens (including phenoxy) is 1. The third-order valence-electron chi connectivity index (χ3n) is 2.45. The van der Waals surface area contributed by atoms with E-state index in [1.807, 2.05) is 24.3 Å². The number of hydrogen-bond donors (Lipinski definition) is 1. The minimum Gasteiger partial charge on any atom is -0.496 e. The zero-order valence-corrected chi connectivity index (χ0v) is 12.1. The molecule has 0 spiro atoms. The number of benzene rings is 1. The minimum atomic E-state index is 0.602. The van der Waals surface area contributed by atoms with Crippen molar-refractivity contribution in [1.29, 1.82) is 0 Å². The molecular formula is C13H12BrClN2O. The molecule has 1 heterocycles. The number of pyridine rings is 1. The van der Waals surface area contributed by atoms with Crippen LogP contribution in [0.4, 0.5) is 5.82 Å². The number of para-hydroxylation sites is 1. The summed E-state index contributed by atoms with van der Waals surface area (Å²) >= 11 is 9.26. The van der Waals surface area contributed by atoms with Crippen LogP contribution in [-0.4, -0.2) is 12.1 Å². The Kier molecular flexibility index (Phi) is 4.44. The van der Waals surface area contributed by atoms with E-state index in [9.17, 15) is 0 Å². The molecule has 0 fully saturated rings. The molecule has 0 unspecified atom stereocenters. The molecule has 0 aliphatic heterocycles. The van der Waals surface area contributed by atoms with Crippen molar-refractivity contribution in [1.82, 2.24) is 4.98 Å². The van der Waals surface area contributed by atoms with Crippen molar-refractivity contribution in [3.8, 4) is 5.75 Å². The van der Waals surface area contributed by atoms with Crippen LogP contribution in [0.1, 0.15) is 5.56 Å². The van der Waals surface area contributed by atoms with Crippen LogP contribution in [0, 0.1) is 0 Å². The maximum Gasteiger partial charge on any atom is 0.140 e. The Balaban J connectivity index is 2.11. The number of rotatable bonds is 4. The lowest BCUT2D eigenvalue weighted by atomic mass is 10.2. The topological polar surface area (TPSA) is 34.1 Å². The van der Waals surface area contributed by atoms with E-state index in [2.05, 4.69) is 26.2 Å². The van der Waals surface area contributed by atoms with E-state index in [0.717, 1.165) is 21.6 Å². The molecule has 3 nitrogen and oxygen atoms in total. The van der Waals surface area contributed by atoms with E-state index < -0.39 is 0 Å². The molecule has 1 N–H and O–H groups in total. The Hall–Kier alpha value is -1.26. The molecule has 94 valence electrons. The van der Waals surface area contributed by atoms with E-state index in [0.29, 0.717) is 11.6 Å². The Labute approximate surface area is 119 Å². The Morgan fingerprint density at radius 1 is 1.39 bits per heavy atom. The molecule has 18 heavy (non-hydrogen) atoms. The lowest BCUT2D eigenvalue weighted by molar-refractivity contribution is 0.410. The number of methoxy groups -OCH3 is 1. The van der Waals surface area contributed by atoms with Gasteiger partial charge in [-0.25, -0.2) is 4.98 Å². The smallest absolute Gasteiger partial charge is 0.140 e. The molecule has 0 atom stereocenters. The van der Waals surface area contributed by atoms with Crippen molar-refractivity contribution >= 4 is 33.3 Å². The largest absolute Gasteiger partial charge is 0.496 e. The van der Waals surface area contributed by atoms with Gasteiger partial charge < -0.3 is 10.1 Å². The van der Waals surface area contributed by atoms with Crippen LogP contribution < -0.4 is 10.1 Å². The average molecular weight is 328 g/mol. The highest BCUT2D eigenvalue weighted by Gasteiger charge is 2.05. The van der Waals surface area contributed by atoms with Crippen LogP contribution in [0.25, 0.3) is 0 Å². The normalized spacial score (nSPS) is 10.2. The third kappa shape index (κ3) is 3.15. The molecule has 0 radical (unpaired) electrons. The molecule has 0 saturated heterocycles. The summed E-state index contributed by atoms with van der Waals surface area (Å²) < 4.78 is 6.13. The van der Waals surface area contributed by atoms with Gasteiger partial charge in [0.2, 0.25) is 0 Å². The van der Waals surface area contributed by atoms with Gasteiger partial charge in [-0.05, 0) is 28.1 Å². The first-order valence-electron chi connectivity index (χ1n) is 5.37. The standard InChI is InChI=1S/C13H12BrClN2O/c1-18-12-5-3-2-4-9(12)7-16-13-11(14)6-10(15)8-17-13/h2-6,8H,7H2,1H3,(H,16,17). The van der Waals surface area contributed by atoms with E-state index in [1.165, 1.54) is 0 Å². The van der Waals surface area contributed by atoms with Crippen LogP contribution in [0.3, 0.4) is 0 Å². The monoisotopic (exact) mass is 326 g/mol. The second-order valence-corrected chi connectivity index (χ2v) is 4.94. The maximum absolute atomic E-state index is 5.84. The lowest BCUT2D eigenvalue weighted by Crippen LogP contribution is -2.03. The van der Waals surface area contributed by atoms with Crippen molar-refractivity contribution in [3.05, 3.63) is 51.6 Å². The zero-order chi connectivity index (χ0) is 13.0. The first-order valence-corrected chi connectivity index (χ1v) is 6.54. The van der Waals surface area contributed by atoms with E-state index in [1.54, 1.807) is 19.4 Å². The third-order valence-corrected chi connectivity index (χ3v) is 3.26. The molecule has 1 aromatic heterocycles. The fourth-order valence-electron chi connectivity index (χ4n) is 1.57. The first kappa shape index (κ1) is 13.2. The van der Waals surface area contributed by atoms with Crippen LogP contribution >= 0.6 is 27.5 Å². The maximum atomic E-state index is 5.84. The number of nitrogens with zero attached hydrogens (tertiary/aromatic N) is 1. The molecule has 5 heteroatoms. The van der Waals surface area contributed by atoms with E-state index >= 15 is 0 Å². The van der Waals surface area contributed by atoms with Gasteiger partial charge in [-0.2, -0.15) is 0 Å². The van der Waals surface area contributed by atoms with Gasteiger partial charge in [0.1, 0.15) is 11.6 Å². The number of anilines is 1. The Morgan fingerprint density at radius 2 is 2.17 bits per heavy atom. The molecule has 0 aliphatic carbocycles. The van der Waals surface area contributed by atoms with Crippen LogP contribution in [0.2, 0.25) is 5.02 Å².